The number of thioether (sulfide) groups is 1. The van der Waals surface area contributed by atoms with Crippen LogP contribution in [0.2, 0.25) is 0 Å². The molecule has 0 spiro atoms. The maximum Gasteiger partial charge on any atom is 0.354 e. The maximum absolute atomic E-state index is 10.9. The van der Waals surface area contributed by atoms with Crippen LogP contribution in [-0.4, -0.2) is 34.9 Å². The summed E-state index contributed by atoms with van der Waals surface area (Å²) in [6.45, 7) is 0. The Morgan fingerprint density at radius 1 is 1.53 bits per heavy atom. The Balaban J connectivity index is 2.66. The summed E-state index contributed by atoms with van der Waals surface area (Å²) in [7, 11) is 1.31. The van der Waals surface area contributed by atoms with E-state index in [0.717, 1.165) is 0 Å². The molecule has 0 fully saturated rings. The molecule has 0 amide bonds. The number of nitrogens with zero attached hydrogens (tertiary/aromatic N) is 1. The van der Waals surface area contributed by atoms with Gasteiger partial charge in [-0.25, -0.2) is 9.78 Å². The van der Waals surface area contributed by atoms with E-state index in [4.69, 9.17) is 10.8 Å². The van der Waals surface area contributed by atoms with Crippen molar-refractivity contribution in [2.45, 2.75) is 11.4 Å². The van der Waals surface area contributed by atoms with Crippen molar-refractivity contribution in [1.29, 1.82) is 0 Å². The van der Waals surface area contributed by atoms with E-state index in [0.29, 0.717) is 16.5 Å². The Kier molecular flexibility index (Phi) is 4.77. The molecular weight excluding hydrogens is 244 g/mol. The molecule has 1 heterocycles. The van der Waals surface area contributed by atoms with Gasteiger partial charge >= 0.3 is 11.9 Å². The molecule has 0 unspecified atom stereocenters. The number of anilines is 1. The van der Waals surface area contributed by atoms with Crippen LogP contribution in [0.15, 0.2) is 17.2 Å². The first-order chi connectivity index (χ1) is 8.04. The first-order valence-corrected chi connectivity index (χ1v) is 5.72. The van der Waals surface area contributed by atoms with Crippen LogP contribution >= 0.6 is 11.8 Å². The van der Waals surface area contributed by atoms with Crippen LogP contribution in [0, 0.1) is 0 Å². The molecule has 1 aromatic heterocycles. The lowest BCUT2D eigenvalue weighted by molar-refractivity contribution is -0.140. The second-order valence-electron chi connectivity index (χ2n) is 3.07. The van der Waals surface area contributed by atoms with Crippen molar-refractivity contribution in [3.63, 3.8) is 0 Å². The average molecular weight is 256 g/mol. The normalized spacial score (nSPS) is 9.94. The molecule has 1 rings (SSSR count). The summed E-state index contributed by atoms with van der Waals surface area (Å²) in [4.78, 5) is 25.5. The molecule has 0 aliphatic rings. The fourth-order valence-electron chi connectivity index (χ4n) is 1.02. The Morgan fingerprint density at radius 2 is 2.24 bits per heavy atom. The molecule has 0 aliphatic heterocycles. The number of methoxy groups -OCH3 is 1. The van der Waals surface area contributed by atoms with Gasteiger partial charge in [-0.15, -0.1) is 11.8 Å². The molecule has 17 heavy (non-hydrogen) atoms. The van der Waals surface area contributed by atoms with Crippen molar-refractivity contribution in [3.05, 3.63) is 17.8 Å². The third-order valence-corrected chi connectivity index (χ3v) is 2.89. The number of nitrogens with two attached hydrogens (primary N) is 1. The molecule has 7 heteroatoms. The number of pyridine rings is 1. The summed E-state index contributed by atoms with van der Waals surface area (Å²) in [5.74, 6) is -1.00. The van der Waals surface area contributed by atoms with Crippen molar-refractivity contribution in [1.82, 2.24) is 4.98 Å². The molecule has 0 saturated carbocycles. The van der Waals surface area contributed by atoms with Gasteiger partial charge in [0.25, 0.3) is 0 Å². The average Bonchev–Trinajstić information content (AvgIpc) is 2.30. The van der Waals surface area contributed by atoms with E-state index in [1.54, 1.807) is 0 Å². The van der Waals surface area contributed by atoms with Gasteiger partial charge in [0.2, 0.25) is 0 Å². The van der Waals surface area contributed by atoms with Gasteiger partial charge in [-0.2, -0.15) is 0 Å². The number of carbonyl (C=O) groups is 2. The molecule has 3 N–H and O–H groups in total. The van der Waals surface area contributed by atoms with Gasteiger partial charge in [-0.05, 0) is 12.1 Å². The predicted molar refractivity (Wildman–Crippen MR) is 63.0 cm³/mol. The number of hydrogen-bond donors (Lipinski definition) is 2. The number of hydrogen-bond acceptors (Lipinski definition) is 6. The molecule has 92 valence electrons. The number of carbonyl (C=O) groups excluding carboxylic acids is 1. The van der Waals surface area contributed by atoms with Crippen LogP contribution in [0.4, 0.5) is 5.69 Å². The summed E-state index contributed by atoms with van der Waals surface area (Å²) >= 11 is 1.22. The van der Waals surface area contributed by atoms with Crippen LogP contribution in [0.5, 0.6) is 0 Å². The number of rotatable bonds is 5. The largest absolute Gasteiger partial charge is 0.477 e. The monoisotopic (exact) mass is 256 g/mol. The van der Waals surface area contributed by atoms with Gasteiger partial charge in [0, 0.05) is 5.75 Å². The van der Waals surface area contributed by atoms with Gasteiger partial charge in [0.05, 0.1) is 19.2 Å². The zero-order valence-electron chi connectivity index (χ0n) is 9.17. The molecule has 0 bridgehead atoms. The fraction of sp³-hybridized carbons (Fsp3) is 0.300. The molecule has 0 aliphatic carbocycles. The van der Waals surface area contributed by atoms with E-state index in [1.807, 2.05) is 0 Å². The Hall–Kier alpha value is -1.76. The van der Waals surface area contributed by atoms with Crippen LogP contribution in [0.25, 0.3) is 0 Å². The smallest absolute Gasteiger partial charge is 0.354 e. The number of carboxylic acids is 1. The standard InChI is InChI=1S/C10H12N2O4S/c1-16-8(13)4-5-17-9-6(11)2-3-7(12-9)10(14)15/h2-3H,4-5,11H2,1H3,(H,14,15). The lowest BCUT2D eigenvalue weighted by atomic mass is 10.3. The second-order valence-corrected chi connectivity index (χ2v) is 4.15. The van der Waals surface area contributed by atoms with Crippen LogP contribution in [0.1, 0.15) is 16.9 Å². The minimum atomic E-state index is -1.11. The third kappa shape index (κ3) is 3.95. The topological polar surface area (TPSA) is 103 Å². The number of aromatic nitrogens is 1. The van der Waals surface area contributed by atoms with Crippen molar-refractivity contribution in [2.75, 3.05) is 18.6 Å². The zero-order valence-corrected chi connectivity index (χ0v) is 9.99. The highest BCUT2D eigenvalue weighted by Crippen LogP contribution is 2.23. The molecule has 0 saturated heterocycles. The quantitative estimate of drug-likeness (QED) is 0.598. The van der Waals surface area contributed by atoms with Gasteiger partial charge in [0.15, 0.2) is 0 Å². The molecular formula is C10H12N2O4S. The molecule has 0 aromatic carbocycles. The Labute approximate surface area is 102 Å². The highest BCUT2D eigenvalue weighted by atomic mass is 32.2. The van der Waals surface area contributed by atoms with Crippen LogP contribution in [0.3, 0.4) is 0 Å². The third-order valence-electron chi connectivity index (χ3n) is 1.88. The minimum absolute atomic E-state index is 0.0697. The fourth-order valence-corrected chi connectivity index (χ4v) is 1.88. The first-order valence-electron chi connectivity index (χ1n) is 4.74. The lowest BCUT2D eigenvalue weighted by Gasteiger charge is -2.04. The zero-order chi connectivity index (χ0) is 12.8. The van der Waals surface area contributed by atoms with E-state index in [-0.39, 0.29) is 18.1 Å². The SMILES string of the molecule is COC(=O)CCSc1nc(C(=O)O)ccc1N. The van der Waals surface area contributed by atoms with E-state index >= 15 is 0 Å². The number of esters is 1. The van der Waals surface area contributed by atoms with Crippen molar-refractivity contribution < 1.29 is 19.4 Å². The van der Waals surface area contributed by atoms with E-state index in [1.165, 1.54) is 31.0 Å². The van der Waals surface area contributed by atoms with Crippen molar-refractivity contribution in [2.24, 2.45) is 0 Å². The van der Waals surface area contributed by atoms with Crippen molar-refractivity contribution in [3.8, 4) is 0 Å². The second kappa shape index (κ2) is 6.09. The number of nitrogen functional groups attached to an aromatic ring is 1. The van der Waals surface area contributed by atoms with E-state index in [9.17, 15) is 9.59 Å². The van der Waals surface area contributed by atoms with E-state index in [2.05, 4.69) is 9.72 Å². The highest BCUT2D eigenvalue weighted by molar-refractivity contribution is 7.99. The van der Waals surface area contributed by atoms with Crippen LogP contribution in [-0.2, 0) is 9.53 Å². The molecule has 0 radical (unpaired) electrons. The Bertz CT molecular complexity index is 436. The van der Waals surface area contributed by atoms with E-state index < -0.39 is 5.97 Å². The van der Waals surface area contributed by atoms with Crippen LogP contribution < -0.4 is 5.73 Å². The van der Waals surface area contributed by atoms with Gasteiger partial charge in [-0.3, -0.25) is 4.79 Å². The summed E-state index contributed by atoms with van der Waals surface area (Å²) < 4.78 is 4.48. The number of ether oxygens (including phenoxy) is 1. The molecule has 1 aromatic rings. The molecule has 6 nitrogen and oxygen atoms in total. The van der Waals surface area contributed by atoms with Gasteiger partial charge < -0.3 is 15.6 Å². The molecule has 0 atom stereocenters. The first kappa shape index (κ1) is 13.3. The predicted octanol–water partition coefficient (Wildman–Crippen LogP) is 1.02. The minimum Gasteiger partial charge on any atom is -0.477 e. The number of carboxylic acid groups (broad SMARTS) is 1. The lowest BCUT2D eigenvalue weighted by Crippen LogP contribution is -2.04. The summed E-state index contributed by atoms with van der Waals surface area (Å²) in [6, 6.07) is 2.82. The number of aromatic carboxylic acids is 1. The summed E-state index contributed by atoms with van der Waals surface area (Å²) in [5, 5.41) is 9.18. The van der Waals surface area contributed by atoms with Gasteiger partial charge in [0.1, 0.15) is 10.7 Å². The summed E-state index contributed by atoms with van der Waals surface area (Å²) in [5.41, 5.74) is 5.97. The highest BCUT2D eigenvalue weighted by Gasteiger charge is 2.10. The maximum atomic E-state index is 10.9. The van der Waals surface area contributed by atoms with Crippen molar-refractivity contribution >= 4 is 29.4 Å². The summed E-state index contributed by atoms with van der Waals surface area (Å²) in [6.07, 6.45) is 0.222. The van der Waals surface area contributed by atoms with Gasteiger partial charge in [-0.1, -0.05) is 0 Å². The Morgan fingerprint density at radius 3 is 2.82 bits per heavy atom.